The van der Waals surface area contributed by atoms with Crippen molar-refractivity contribution in [2.75, 3.05) is 32.8 Å². The Hall–Kier alpha value is -1.59. The number of rotatable bonds is 12. The molecule has 5 nitrogen and oxygen atoms in total. The van der Waals surface area contributed by atoms with Crippen molar-refractivity contribution in [1.82, 2.24) is 10.6 Å². The van der Waals surface area contributed by atoms with Crippen LogP contribution in [0.5, 0.6) is 0 Å². The lowest BCUT2D eigenvalue weighted by atomic mass is 10.1. The third kappa shape index (κ3) is 10.2. The van der Waals surface area contributed by atoms with Crippen molar-refractivity contribution in [3.8, 4) is 0 Å². The Kier molecular flexibility index (Phi) is 11.8. The van der Waals surface area contributed by atoms with Crippen LogP contribution in [0.25, 0.3) is 0 Å². The highest BCUT2D eigenvalue weighted by Crippen LogP contribution is 2.03. The van der Waals surface area contributed by atoms with Crippen LogP contribution in [0.2, 0.25) is 0 Å². The number of aliphatic hydroxyl groups excluding tert-OH is 1. The molecule has 1 aromatic carbocycles. The fourth-order valence-corrected chi connectivity index (χ4v) is 2.22. The molecule has 0 spiro atoms. The zero-order valence-electron chi connectivity index (χ0n) is 15.1. The zero-order chi connectivity index (χ0) is 17.5. The molecular weight excluding hydrogens is 302 g/mol. The molecule has 0 aliphatic rings. The van der Waals surface area contributed by atoms with Gasteiger partial charge in [0, 0.05) is 32.7 Å². The molecule has 0 saturated carbocycles. The van der Waals surface area contributed by atoms with Crippen LogP contribution in [0.15, 0.2) is 35.3 Å². The van der Waals surface area contributed by atoms with Gasteiger partial charge >= 0.3 is 0 Å². The van der Waals surface area contributed by atoms with Gasteiger partial charge in [-0.1, -0.05) is 43.7 Å². The summed E-state index contributed by atoms with van der Waals surface area (Å²) in [6.07, 6.45) is 3.38. The lowest BCUT2D eigenvalue weighted by Gasteiger charge is -2.13. The van der Waals surface area contributed by atoms with Gasteiger partial charge in [-0.25, -0.2) is 0 Å². The number of hydrogen-bond acceptors (Lipinski definition) is 3. The lowest BCUT2D eigenvalue weighted by molar-refractivity contribution is 0.129. The van der Waals surface area contributed by atoms with E-state index < -0.39 is 6.10 Å². The van der Waals surface area contributed by atoms with Crippen molar-refractivity contribution in [2.24, 2.45) is 4.99 Å². The molecule has 0 saturated heterocycles. The summed E-state index contributed by atoms with van der Waals surface area (Å²) in [7, 11) is 0. The summed E-state index contributed by atoms with van der Waals surface area (Å²) in [6.45, 7) is 7.80. The first kappa shape index (κ1) is 20.5. The van der Waals surface area contributed by atoms with Crippen LogP contribution in [-0.2, 0) is 11.2 Å². The van der Waals surface area contributed by atoms with Gasteiger partial charge in [-0.15, -0.1) is 0 Å². The standard InChI is InChI=1S/C19H33N3O2/c1-3-5-13-24-14-9-12-21-19(20-4-2)22-16-18(23)15-17-10-7-6-8-11-17/h6-8,10-11,18,23H,3-5,9,12-16H2,1-2H3,(H2,20,21,22). The summed E-state index contributed by atoms with van der Waals surface area (Å²) in [6, 6.07) is 10.00. The molecular formula is C19H33N3O2. The number of nitrogens with zero attached hydrogens (tertiary/aromatic N) is 1. The second kappa shape index (κ2) is 13.8. The first-order valence-electron chi connectivity index (χ1n) is 9.08. The van der Waals surface area contributed by atoms with Crippen LogP contribution in [0.3, 0.4) is 0 Å². The smallest absolute Gasteiger partial charge is 0.191 e. The van der Waals surface area contributed by atoms with Gasteiger partial charge < -0.3 is 20.5 Å². The van der Waals surface area contributed by atoms with Gasteiger partial charge in [0.2, 0.25) is 0 Å². The van der Waals surface area contributed by atoms with Crippen molar-refractivity contribution >= 4 is 5.96 Å². The van der Waals surface area contributed by atoms with Gasteiger partial charge in [0.05, 0.1) is 12.6 Å². The molecule has 0 amide bonds. The molecule has 136 valence electrons. The maximum absolute atomic E-state index is 10.1. The molecule has 0 heterocycles. The number of benzene rings is 1. The minimum absolute atomic E-state index is 0.386. The number of guanidine groups is 1. The molecule has 0 bridgehead atoms. The Balaban J connectivity index is 2.25. The molecule has 0 fully saturated rings. The minimum atomic E-state index is -0.472. The van der Waals surface area contributed by atoms with Gasteiger partial charge in [-0.2, -0.15) is 0 Å². The van der Waals surface area contributed by atoms with Crippen LogP contribution < -0.4 is 10.6 Å². The highest BCUT2D eigenvalue weighted by atomic mass is 16.5. The largest absolute Gasteiger partial charge is 0.391 e. The van der Waals surface area contributed by atoms with E-state index >= 15 is 0 Å². The number of aliphatic hydroxyl groups is 1. The summed E-state index contributed by atoms with van der Waals surface area (Å²) in [5, 5.41) is 16.6. The van der Waals surface area contributed by atoms with Gasteiger partial charge in [0.15, 0.2) is 5.96 Å². The average Bonchev–Trinajstić information content (AvgIpc) is 2.59. The van der Waals surface area contributed by atoms with E-state index in [1.807, 2.05) is 37.3 Å². The Morgan fingerprint density at radius 1 is 1.12 bits per heavy atom. The molecule has 1 unspecified atom stereocenters. The number of aliphatic imine (C=N–C) groups is 1. The second-order valence-corrected chi connectivity index (χ2v) is 5.81. The molecule has 3 N–H and O–H groups in total. The van der Waals surface area contributed by atoms with Crippen LogP contribution >= 0.6 is 0 Å². The maximum atomic E-state index is 10.1. The normalized spacial score (nSPS) is 12.9. The first-order valence-corrected chi connectivity index (χ1v) is 9.08. The Morgan fingerprint density at radius 3 is 2.58 bits per heavy atom. The SMILES string of the molecule is CCCCOCCCNC(=NCC(O)Cc1ccccc1)NCC. The molecule has 0 aliphatic heterocycles. The van der Waals surface area contributed by atoms with Gasteiger partial charge in [0.25, 0.3) is 0 Å². The van der Waals surface area contributed by atoms with Crippen LogP contribution in [0.4, 0.5) is 0 Å². The quantitative estimate of drug-likeness (QED) is 0.312. The summed E-state index contributed by atoms with van der Waals surface area (Å²) in [4.78, 5) is 4.46. The maximum Gasteiger partial charge on any atom is 0.191 e. The van der Waals surface area contributed by atoms with E-state index in [2.05, 4.69) is 22.5 Å². The molecule has 1 atom stereocenters. The molecule has 24 heavy (non-hydrogen) atoms. The van der Waals surface area contributed by atoms with Gasteiger partial charge in [0.1, 0.15) is 0 Å². The fourth-order valence-electron chi connectivity index (χ4n) is 2.22. The van der Waals surface area contributed by atoms with E-state index in [9.17, 15) is 5.11 Å². The Labute approximate surface area is 146 Å². The molecule has 5 heteroatoms. The molecule has 0 aliphatic carbocycles. The van der Waals surface area contributed by atoms with E-state index in [1.165, 1.54) is 6.42 Å². The molecule has 1 aromatic rings. The number of unbranched alkanes of at least 4 members (excludes halogenated alkanes) is 1. The van der Waals surface area contributed by atoms with Crippen LogP contribution in [-0.4, -0.2) is 50.0 Å². The average molecular weight is 335 g/mol. The van der Waals surface area contributed by atoms with Gasteiger partial charge in [-0.3, -0.25) is 4.99 Å². The van der Waals surface area contributed by atoms with E-state index in [0.29, 0.717) is 13.0 Å². The van der Waals surface area contributed by atoms with Crippen molar-refractivity contribution in [3.63, 3.8) is 0 Å². The van der Waals surface area contributed by atoms with Crippen molar-refractivity contribution in [3.05, 3.63) is 35.9 Å². The second-order valence-electron chi connectivity index (χ2n) is 5.81. The topological polar surface area (TPSA) is 65.9 Å². The van der Waals surface area contributed by atoms with Crippen LogP contribution in [0, 0.1) is 0 Å². The summed E-state index contributed by atoms with van der Waals surface area (Å²) in [5.41, 5.74) is 1.13. The zero-order valence-corrected chi connectivity index (χ0v) is 15.1. The highest BCUT2D eigenvalue weighted by Gasteiger charge is 2.05. The van der Waals surface area contributed by atoms with E-state index in [1.54, 1.807) is 0 Å². The van der Waals surface area contributed by atoms with E-state index in [-0.39, 0.29) is 0 Å². The van der Waals surface area contributed by atoms with Gasteiger partial charge in [-0.05, 0) is 25.3 Å². The van der Waals surface area contributed by atoms with Crippen molar-refractivity contribution < 1.29 is 9.84 Å². The number of nitrogens with one attached hydrogen (secondary N) is 2. The third-order valence-electron chi connectivity index (χ3n) is 3.52. The van der Waals surface area contributed by atoms with Crippen molar-refractivity contribution in [2.45, 2.75) is 45.6 Å². The lowest BCUT2D eigenvalue weighted by Crippen LogP contribution is -2.38. The third-order valence-corrected chi connectivity index (χ3v) is 3.52. The van der Waals surface area contributed by atoms with E-state index in [0.717, 1.165) is 50.7 Å². The number of hydrogen-bond donors (Lipinski definition) is 3. The monoisotopic (exact) mass is 335 g/mol. The Bertz CT molecular complexity index is 437. The molecule has 0 radical (unpaired) electrons. The molecule has 0 aromatic heterocycles. The summed E-state index contributed by atoms with van der Waals surface area (Å²) < 4.78 is 5.54. The van der Waals surface area contributed by atoms with Crippen LogP contribution in [0.1, 0.15) is 38.7 Å². The number of ether oxygens (including phenoxy) is 1. The Morgan fingerprint density at radius 2 is 1.88 bits per heavy atom. The summed E-state index contributed by atoms with van der Waals surface area (Å²) in [5.74, 6) is 0.748. The predicted molar refractivity (Wildman–Crippen MR) is 100 cm³/mol. The fraction of sp³-hybridized carbons (Fsp3) is 0.632. The molecule has 1 rings (SSSR count). The minimum Gasteiger partial charge on any atom is -0.391 e. The van der Waals surface area contributed by atoms with Crippen molar-refractivity contribution in [1.29, 1.82) is 0 Å². The predicted octanol–water partition coefficient (Wildman–Crippen LogP) is 2.35. The first-order chi connectivity index (χ1) is 11.8. The highest BCUT2D eigenvalue weighted by molar-refractivity contribution is 5.79. The summed E-state index contributed by atoms with van der Waals surface area (Å²) >= 11 is 0. The van der Waals surface area contributed by atoms with E-state index in [4.69, 9.17) is 4.74 Å².